The summed E-state index contributed by atoms with van der Waals surface area (Å²) >= 11 is 0. The van der Waals surface area contributed by atoms with Crippen LogP contribution < -0.4 is 10.1 Å². The van der Waals surface area contributed by atoms with Crippen LogP contribution in [-0.4, -0.2) is 67.5 Å². The molecule has 0 bridgehead atoms. The van der Waals surface area contributed by atoms with Crippen LogP contribution in [0.5, 0.6) is 5.75 Å². The topological polar surface area (TPSA) is 75.0 Å². The van der Waals surface area contributed by atoms with Gasteiger partial charge in [-0.1, -0.05) is 25.1 Å². The molecule has 2 amide bonds. The highest BCUT2D eigenvalue weighted by Gasteiger charge is 2.22. The van der Waals surface area contributed by atoms with Crippen LogP contribution in [0.25, 0.3) is 21.9 Å². The third-order valence-electron chi connectivity index (χ3n) is 5.37. The monoisotopic (exact) mass is 409 g/mol. The highest BCUT2D eigenvalue weighted by molar-refractivity contribution is 6.05. The molecule has 1 N–H and O–H groups in total. The predicted octanol–water partition coefficient (Wildman–Crippen LogP) is 2.64. The first-order valence-electron chi connectivity index (χ1n) is 10.4. The third kappa shape index (κ3) is 4.57. The number of para-hydroxylation sites is 1. The molecule has 7 nitrogen and oxygen atoms in total. The molecule has 1 aromatic heterocycles. The first kappa shape index (κ1) is 20.2. The molecule has 1 saturated heterocycles. The molecule has 1 aliphatic heterocycles. The molecule has 158 valence electrons. The Labute approximate surface area is 175 Å². The van der Waals surface area contributed by atoms with Crippen molar-refractivity contribution in [2.45, 2.75) is 13.3 Å². The fourth-order valence-corrected chi connectivity index (χ4v) is 3.71. The van der Waals surface area contributed by atoms with E-state index in [1.165, 1.54) is 0 Å². The first-order chi connectivity index (χ1) is 14.6. The summed E-state index contributed by atoms with van der Waals surface area (Å²) in [5.74, 6) is 0.651. The molecule has 0 spiro atoms. The van der Waals surface area contributed by atoms with Crippen molar-refractivity contribution in [3.05, 3.63) is 42.5 Å². The minimum Gasteiger partial charge on any atom is -0.484 e. The zero-order valence-electron chi connectivity index (χ0n) is 17.2. The number of carbonyl (C=O) groups excluding carboxylic acids is 2. The standard InChI is InChI=1S/C23H27N3O4/c1-2-9-24-22(27)15-25-10-12-26(13-11-25)23(28)16-29-17-7-8-21-19(14-17)18-5-3-4-6-20(18)30-21/h3-8,14H,2,9-13,15-16H2,1H3,(H,24,27). The number of hydrogen-bond acceptors (Lipinski definition) is 5. The lowest BCUT2D eigenvalue weighted by atomic mass is 10.1. The number of fused-ring (bicyclic) bond motifs is 3. The van der Waals surface area contributed by atoms with Gasteiger partial charge in [-0.2, -0.15) is 0 Å². The van der Waals surface area contributed by atoms with Gasteiger partial charge in [0, 0.05) is 43.5 Å². The number of hydrogen-bond donors (Lipinski definition) is 1. The molecule has 0 radical (unpaired) electrons. The van der Waals surface area contributed by atoms with E-state index in [0.29, 0.717) is 45.0 Å². The lowest BCUT2D eigenvalue weighted by Gasteiger charge is -2.34. The van der Waals surface area contributed by atoms with Crippen molar-refractivity contribution < 1.29 is 18.7 Å². The molecule has 2 heterocycles. The van der Waals surface area contributed by atoms with E-state index in [-0.39, 0.29) is 18.4 Å². The van der Waals surface area contributed by atoms with Gasteiger partial charge in [0.15, 0.2) is 6.61 Å². The van der Waals surface area contributed by atoms with Gasteiger partial charge in [0.25, 0.3) is 5.91 Å². The number of nitrogens with one attached hydrogen (secondary N) is 1. The van der Waals surface area contributed by atoms with Crippen molar-refractivity contribution in [2.75, 3.05) is 45.9 Å². The van der Waals surface area contributed by atoms with Crippen LogP contribution in [0.3, 0.4) is 0 Å². The summed E-state index contributed by atoms with van der Waals surface area (Å²) in [6, 6.07) is 13.5. The summed E-state index contributed by atoms with van der Waals surface area (Å²) in [6.07, 6.45) is 0.928. The summed E-state index contributed by atoms with van der Waals surface area (Å²) in [7, 11) is 0. The van der Waals surface area contributed by atoms with Crippen LogP contribution in [0.1, 0.15) is 13.3 Å². The maximum Gasteiger partial charge on any atom is 0.260 e. The first-order valence-corrected chi connectivity index (χ1v) is 10.4. The number of furan rings is 1. The second-order valence-corrected chi connectivity index (χ2v) is 7.55. The molecule has 1 aliphatic rings. The number of amides is 2. The van der Waals surface area contributed by atoms with E-state index in [9.17, 15) is 9.59 Å². The van der Waals surface area contributed by atoms with Crippen LogP contribution in [0.2, 0.25) is 0 Å². The molecule has 0 aliphatic carbocycles. The van der Waals surface area contributed by atoms with E-state index < -0.39 is 0 Å². The summed E-state index contributed by atoms with van der Waals surface area (Å²) < 4.78 is 11.6. The number of ether oxygens (including phenoxy) is 1. The number of benzene rings is 2. The smallest absolute Gasteiger partial charge is 0.260 e. The Morgan fingerprint density at radius 2 is 1.80 bits per heavy atom. The second kappa shape index (κ2) is 9.17. The molecular formula is C23H27N3O4. The summed E-state index contributed by atoms with van der Waals surface area (Å²) in [6.45, 7) is 5.71. The van der Waals surface area contributed by atoms with Gasteiger partial charge in [-0.25, -0.2) is 0 Å². The van der Waals surface area contributed by atoms with Crippen LogP contribution in [0, 0.1) is 0 Å². The average Bonchev–Trinajstić information content (AvgIpc) is 3.14. The quantitative estimate of drug-likeness (QED) is 0.649. The van der Waals surface area contributed by atoms with Crippen molar-refractivity contribution in [3.63, 3.8) is 0 Å². The largest absolute Gasteiger partial charge is 0.484 e. The van der Waals surface area contributed by atoms with Crippen LogP contribution in [-0.2, 0) is 9.59 Å². The minimum absolute atomic E-state index is 0.00171. The zero-order valence-corrected chi connectivity index (χ0v) is 17.2. The van der Waals surface area contributed by atoms with Crippen LogP contribution >= 0.6 is 0 Å². The molecule has 4 rings (SSSR count). The third-order valence-corrected chi connectivity index (χ3v) is 5.37. The van der Waals surface area contributed by atoms with E-state index in [1.807, 2.05) is 49.4 Å². The fourth-order valence-electron chi connectivity index (χ4n) is 3.71. The number of rotatable bonds is 7. The number of piperazine rings is 1. The van der Waals surface area contributed by atoms with Gasteiger partial charge in [0.1, 0.15) is 16.9 Å². The predicted molar refractivity (Wildman–Crippen MR) is 116 cm³/mol. The van der Waals surface area contributed by atoms with Gasteiger partial charge >= 0.3 is 0 Å². The maximum absolute atomic E-state index is 12.6. The van der Waals surface area contributed by atoms with Crippen molar-refractivity contribution >= 4 is 33.8 Å². The van der Waals surface area contributed by atoms with Crippen molar-refractivity contribution in [3.8, 4) is 5.75 Å². The van der Waals surface area contributed by atoms with E-state index in [2.05, 4.69) is 10.2 Å². The van der Waals surface area contributed by atoms with Crippen molar-refractivity contribution in [1.29, 1.82) is 0 Å². The maximum atomic E-state index is 12.6. The van der Waals surface area contributed by atoms with Gasteiger partial charge in [-0.3, -0.25) is 14.5 Å². The highest BCUT2D eigenvalue weighted by Crippen LogP contribution is 2.31. The molecule has 7 heteroatoms. The zero-order chi connectivity index (χ0) is 20.9. The Morgan fingerprint density at radius 1 is 1.03 bits per heavy atom. The van der Waals surface area contributed by atoms with Gasteiger partial charge in [-0.15, -0.1) is 0 Å². The Kier molecular flexibility index (Phi) is 6.18. The van der Waals surface area contributed by atoms with Crippen LogP contribution in [0.15, 0.2) is 46.9 Å². The van der Waals surface area contributed by atoms with E-state index >= 15 is 0 Å². The second-order valence-electron chi connectivity index (χ2n) is 7.55. The summed E-state index contributed by atoms with van der Waals surface area (Å²) in [4.78, 5) is 28.3. The average molecular weight is 409 g/mol. The normalized spacial score (nSPS) is 14.9. The lowest BCUT2D eigenvalue weighted by Crippen LogP contribution is -2.52. The molecule has 0 saturated carbocycles. The Hall–Kier alpha value is -3.06. The molecule has 1 fully saturated rings. The SMILES string of the molecule is CCCNC(=O)CN1CCN(C(=O)COc2ccc3oc4ccccc4c3c2)CC1. The van der Waals surface area contributed by atoms with Gasteiger partial charge in [-0.05, 0) is 30.7 Å². The van der Waals surface area contributed by atoms with Crippen molar-refractivity contribution in [2.24, 2.45) is 0 Å². The minimum atomic E-state index is -0.0396. The van der Waals surface area contributed by atoms with E-state index in [1.54, 1.807) is 4.90 Å². The van der Waals surface area contributed by atoms with Gasteiger partial charge < -0.3 is 19.4 Å². The number of nitrogens with zero attached hydrogens (tertiary/aromatic N) is 2. The van der Waals surface area contributed by atoms with Crippen molar-refractivity contribution in [1.82, 2.24) is 15.1 Å². The fraction of sp³-hybridized carbons (Fsp3) is 0.391. The Balaban J connectivity index is 1.29. The molecular weight excluding hydrogens is 382 g/mol. The van der Waals surface area contributed by atoms with Crippen LogP contribution in [0.4, 0.5) is 0 Å². The molecule has 0 atom stereocenters. The molecule has 30 heavy (non-hydrogen) atoms. The van der Waals surface area contributed by atoms with Gasteiger partial charge in [0.05, 0.1) is 6.54 Å². The lowest BCUT2D eigenvalue weighted by molar-refractivity contribution is -0.135. The molecule has 2 aromatic carbocycles. The molecule has 0 unspecified atom stereocenters. The highest BCUT2D eigenvalue weighted by atomic mass is 16.5. The Bertz CT molecular complexity index is 1040. The van der Waals surface area contributed by atoms with Gasteiger partial charge in [0.2, 0.25) is 5.91 Å². The molecule has 3 aromatic rings. The summed E-state index contributed by atoms with van der Waals surface area (Å²) in [5, 5.41) is 4.89. The summed E-state index contributed by atoms with van der Waals surface area (Å²) in [5.41, 5.74) is 1.64. The Morgan fingerprint density at radius 3 is 2.60 bits per heavy atom. The number of carbonyl (C=O) groups is 2. The van der Waals surface area contributed by atoms with E-state index in [4.69, 9.17) is 9.15 Å². The van der Waals surface area contributed by atoms with E-state index in [0.717, 1.165) is 28.4 Å².